The second-order valence-corrected chi connectivity index (χ2v) is 7.51. The summed E-state index contributed by atoms with van der Waals surface area (Å²) in [6.07, 6.45) is 0. The third-order valence-corrected chi connectivity index (χ3v) is 5.63. The van der Waals surface area contributed by atoms with Crippen LogP contribution in [0.15, 0.2) is 69.6 Å². The maximum Gasteiger partial charge on any atom is 0.336 e. The van der Waals surface area contributed by atoms with Crippen LogP contribution in [0, 0.1) is 0 Å². The van der Waals surface area contributed by atoms with Gasteiger partial charge in [0.2, 0.25) is 5.91 Å². The van der Waals surface area contributed by atoms with Gasteiger partial charge < -0.3 is 14.8 Å². The van der Waals surface area contributed by atoms with Gasteiger partial charge in [0.05, 0.1) is 25.4 Å². The fourth-order valence-corrected chi connectivity index (χ4v) is 4.14. The predicted molar refractivity (Wildman–Crippen MR) is 120 cm³/mol. The van der Waals surface area contributed by atoms with Crippen molar-refractivity contribution in [1.29, 1.82) is 0 Å². The SMILES string of the molecule is COc1cccc(NC(=O)Cn2c(=O)n(-c3ccccc3OC)c(=O)c3sccc32)c1. The first-order chi connectivity index (χ1) is 15.0. The van der Waals surface area contributed by atoms with Crippen LogP contribution < -0.4 is 26.0 Å². The van der Waals surface area contributed by atoms with Gasteiger partial charge in [0, 0.05) is 11.8 Å². The van der Waals surface area contributed by atoms with Crippen LogP contribution in [0.1, 0.15) is 0 Å². The number of benzene rings is 2. The van der Waals surface area contributed by atoms with Crippen molar-refractivity contribution in [3.8, 4) is 17.2 Å². The lowest BCUT2D eigenvalue weighted by atomic mass is 10.3. The molecule has 1 amide bonds. The van der Waals surface area contributed by atoms with Crippen LogP contribution in [0.4, 0.5) is 5.69 Å². The summed E-state index contributed by atoms with van der Waals surface area (Å²) in [5, 5.41) is 4.48. The zero-order valence-corrected chi connectivity index (χ0v) is 17.6. The number of nitrogens with one attached hydrogen (secondary N) is 1. The number of thiophene rings is 1. The Morgan fingerprint density at radius 1 is 1.03 bits per heavy atom. The van der Waals surface area contributed by atoms with Crippen LogP contribution in [0.3, 0.4) is 0 Å². The summed E-state index contributed by atoms with van der Waals surface area (Å²) >= 11 is 1.21. The summed E-state index contributed by atoms with van der Waals surface area (Å²) in [4.78, 5) is 39.1. The molecule has 0 saturated carbocycles. The molecule has 4 rings (SSSR count). The van der Waals surface area contributed by atoms with Gasteiger partial charge in [-0.05, 0) is 35.7 Å². The highest BCUT2D eigenvalue weighted by molar-refractivity contribution is 7.17. The minimum absolute atomic E-state index is 0.265. The second-order valence-electron chi connectivity index (χ2n) is 6.60. The summed E-state index contributed by atoms with van der Waals surface area (Å²) in [5.74, 6) is 0.568. The first-order valence-corrected chi connectivity index (χ1v) is 10.2. The van der Waals surface area contributed by atoms with Crippen molar-refractivity contribution in [2.24, 2.45) is 0 Å². The standard InChI is InChI=1S/C22H19N3O5S/c1-29-15-7-5-6-14(12-15)23-19(26)13-24-17-10-11-31-20(17)21(27)25(22(24)28)16-8-3-4-9-18(16)30-2/h3-12H,13H2,1-2H3,(H,23,26). The maximum absolute atomic E-state index is 13.3. The van der Waals surface area contributed by atoms with E-state index < -0.39 is 17.2 Å². The maximum atomic E-state index is 13.3. The van der Waals surface area contributed by atoms with Gasteiger partial charge in [0.1, 0.15) is 22.7 Å². The number of rotatable bonds is 6. The molecule has 0 aliphatic heterocycles. The predicted octanol–water partition coefficient (Wildman–Crippen LogP) is 2.87. The van der Waals surface area contributed by atoms with E-state index in [4.69, 9.17) is 9.47 Å². The Balaban J connectivity index is 1.79. The van der Waals surface area contributed by atoms with Crippen molar-refractivity contribution >= 4 is 33.1 Å². The number of carbonyl (C=O) groups is 1. The summed E-state index contributed by atoms with van der Waals surface area (Å²) in [7, 11) is 3.00. The van der Waals surface area contributed by atoms with Crippen molar-refractivity contribution in [3.63, 3.8) is 0 Å². The fourth-order valence-electron chi connectivity index (χ4n) is 3.31. The van der Waals surface area contributed by atoms with Crippen molar-refractivity contribution < 1.29 is 14.3 Å². The van der Waals surface area contributed by atoms with Gasteiger partial charge in [-0.15, -0.1) is 11.3 Å². The van der Waals surface area contributed by atoms with E-state index >= 15 is 0 Å². The van der Waals surface area contributed by atoms with E-state index in [9.17, 15) is 14.4 Å². The van der Waals surface area contributed by atoms with Crippen molar-refractivity contribution in [2.45, 2.75) is 6.54 Å². The van der Waals surface area contributed by atoms with Crippen LogP contribution in [0.2, 0.25) is 0 Å². The molecule has 8 nitrogen and oxygen atoms in total. The van der Waals surface area contributed by atoms with Crippen molar-refractivity contribution in [2.75, 3.05) is 19.5 Å². The van der Waals surface area contributed by atoms with E-state index in [2.05, 4.69) is 5.32 Å². The van der Waals surface area contributed by atoms with Crippen LogP contribution in [0.25, 0.3) is 15.9 Å². The minimum atomic E-state index is -0.624. The number of hydrogen-bond donors (Lipinski definition) is 1. The lowest BCUT2D eigenvalue weighted by Crippen LogP contribution is -2.40. The Kier molecular flexibility index (Phi) is 5.59. The van der Waals surface area contributed by atoms with Crippen LogP contribution in [-0.4, -0.2) is 29.3 Å². The number of carbonyl (C=O) groups excluding carboxylic acids is 1. The number of ether oxygens (including phenoxy) is 2. The van der Waals surface area contributed by atoms with Gasteiger partial charge in [-0.3, -0.25) is 14.2 Å². The minimum Gasteiger partial charge on any atom is -0.497 e. The van der Waals surface area contributed by atoms with Gasteiger partial charge >= 0.3 is 5.69 Å². The molecule has 1 N–H and O–H groups in total. The van der Waals surface area contributed by atoms with Gasteiger partial charge in [0.25, 0.3) is 5.56 Å². The summed E-state index contributed by atoms with van der Waals surface area (Å²) in [5.41, 5.74) is 0.186. The molecule has 0 aliphatic rings. The molecule has 0 aliphatic carbocycles. The topological polar surface area (TPSA) is 91.6 Å². The highest BCUT2D eigenvalue weighted by Crippen LogP contribution is 2.22. The van der Waals surface area contributed by atoms with E-state index in [1.165, 1.54) is 30.1 Å². The summed E-state index contributed by atoms with van der Waals surface area (Å²) < 4.78 is 13.2. The molecule has 2 aromatic heterocycles. The number of fused-ring (bicyclic) bond motifs is 1. The molecule has 31 heavy (non-hydrogen) atoms. The van der Waals surface area contributed by atoms with Crippen LogP contribution in [0.5, 0.6) is 11.5 Å². The number of anilines is 1. The largest absolute Gasteiger partial charge is 0.497 e. The smallest absolute Gasteiger partial charge is 0.336 e. The molecule has 2 heterocycles. The normalized spacial score (nSPS) is 10.8. The van der Waals surface area contributed by atoms with Gasteiger partial charge in [-0.1, -0.05) is 18.2 Å². The van der Waals surface area contributed by atoms with Crippen molar-refractivity contribution in [3.05, 3.63) is 80.8 Å². The molecule has 4 aromatic rings. The quantitative estimate of drug-likeness (QED) is 0.501. The number of aromatic nitrogens is 2. The molecule has 0 radical (unpaired) electrons. The van der Waals surface area contributed by atoms with E-state index in [1.807, 2.05) is 0 Å². The molecule has 0 bridgehead atoms. The second kappa shape index (κ2) is 8.49. The first-order valence-electron chi connectivity index (χ1n) is 9.34. The number of para-hydroxylation sites is 2. The number of hydrogen-bond acceptors (Lipinski definition) is 6. The highest BCUT2D eigenvalue weighted by Gasteiger charge is 2.19. The van der Waals surface area contributed by atoms with E-state index in [0.717, 1.165) is 4.57 Å². The van der Waals surface area contributed by atoms with E-state index in [0.29, 0.717) is 33.1 Å². The Hall–Kier alpha value is -3.85. The molecule has 0 unspecified atom stereocenters. The van der Waals surface area contributed by atoms with Crippen LogP contribution in [-0.2, 0) is 11.3 Å². The number of methoxy groups -OCH3 is 2. The molecule has 0 spiro atoms. The average molecular weight is 437 g/mol. The number of nitrogens with zero attached hydrogens (tertiary/aromatic N) is 2. The van der Waals surface area contributed by atoms with Crippen LogP contribution >= 0.6 is 11.3 Å². The highest BCUT2D eigenvalue weighted by atomic mass is 32.1. The van der Waals surface area contributed by atoms with E-state index in [1.54, 1.807) is 60.0 Å². The van der Waals surface area contributed by atoms with E-state index in [-0.39, 0.29) is 6.54 Å². The summed E-state index contributed by atoms with van der Waals surface area (Å²) in [6, 6.07) is 15.3. The Morgan fingerprint density at radius 2 is 1.84 bits per heavy atom. The Bertz CT molecular complexity index is 1390. The lowest BCUT2D eigenvalue weighted by molar-refractivity contribution is -0.116. The summed E-state index contributed by atoms with van der Waals surface area (Å²) in [6.45, 7) is -0.265. The molecule has 9 heteroatoms. The lowest BCUT2D eigenvalue weighted by Gasteiger charge is -2.14. The zero-order valence-electron chi connectivity index (χ0n) is 16.8. The fraction of sp³-hybridized carbons (Fsp3) is 0.136. The molecule has 0 saturated heterocycles. The van der Waals surface area contributed by atoms with Gasteiger partial charge in [-0.2, -0.15) is 0 Å². The van der Waals surface area contributed by atoms with Gasteiger partial charge in [0.15, 0.2) is 0 Å². The molecule has 2 aromatic carbocycles. The Morgan fingerprint density at radius 3 is 2.61 bits per heavy atom. The Labute approximate surface area is 180 Å². The number of amides is 1. The third kappa shape index (κ3) is 3.82. The molecule has 0 atom stereocenters. The molecular formula is C22H19N3O5S. The van der Waals surface area contributed by atoms with Crippen molar-refractivity contribution in [1.82, 2.24) is 9.13 Å². The monoisotopic (exact) mass is 437 g/mol. The molecule has 0 fully saturated rings. The van der Waals surface area contributed by atoms with Gasteiger partial charge in [-0.25, -0.2) is 9.36 Å². The molecular weight excluding hydrogens is 418 g/mol. The average Bonchev–Trinajstić information content (AvgIpc) is 3.27. The third-order valence-electron chi connectivity index (χ3n) is 4.74. The zero-order chi connectivity index (χ0) is 22.0. The molecule has 158 valence electrons. The first kappa shape index (κ1) is 20.4.